The average Bonchev–Trinajstić information content (AvgIpc) is 2.41. The number of aliphatic carboxylic acids is 1. The molecule has 0 aliphatic heterocycles. The largest absolute Gasteiger partial charge is 0.479 e. The van der Waals surface area contributed by atoms with Gasteiger partial charge in [-0.3, -0.25) is 4.79 Å². The van der Waals surface area contributed by atoms with Crippen LogP contribution in [0.4, 0.5) is 0 Å². The summed E-state index contributed by atoms with van der Waals surface area (Å²) in [5.74, 6) is -1.40. The standard InChI is InChI=1S/C14H19NO4/c1-2-9-19-10-8-12(16)15-13(14(17)18)11-6-4-3-5-7-11/h3-7,13H,2,8-10H2,1H3,(H,15,16)(H,17,18)/t13-/m1/s1. The summed E-state index contributed by atoms with van der Waals surface area (Å²) in [6.45, 7) is 2.89. The summed E-state index contributed by atoms with van der Waals surface area (Å²) in [7, 11) is 0. The van der Waals surface area contributed by atoms with Crippen molar-refractivity contribution in [3.63, 3.8) is 0 Å². The lowest BCUT2D eigenvalue weighted by Gasteiger charge is -2.14. The Hall–Kier alpha value is -1.88. The van der Waals surface area contributed by atoms with Crippen LogP contribution < -0.4 is 5.32 Å². The summed E-state index contributed by atoms with van der Waals surface area (Å²) < 4.78 is 5.19. The Bertz CT molecular complexity index is 405. The van der Waals surface area contributed by atoms with Gasteiger partial charge in [0.15, 0.2) is 6.04 Å². The zero-order chi connectivity index (χ0) is 14.1. The highest BCUT2D eigenvalue weighted by Gasteiger charge is 2.21. The van der Waals surface area contributed by atoms with Crippen LogP contribution in [-0.4, -0.2) is 30.2 Å². The fourth-order valence-corrected chi connectivity index (χ4v) is 1.58. The molecular weight excluding hydrogens is 246 g/mol. The van der Waals surface area contributed by atoms with Crippen molar-refractivity contribution in [3.05, 3.63) is 35.9 Å². The monoisotopic (exact) mass is 265 g/mol. The van der Waals surface area contributed by atoms with Crippen molar-refractivity contribution in [2.45, 2.75) is 25.8 Å². The maximum Gasteiger partial charge on any atom is 0.330 e. The van der Waals surface area contributed by atoms with Gasteiger partial charge in [0.2, 0.25) is 5.91 Å². The topological polar surface area (TPSA) is 75.6 Å². The number of ether oxygens (including phenoxy) is 1. The van der Waals surface area contributed by atoms with E-state index >= 15 is 0 Å². The van der Waals surface area contributed by atoms with Gasteiger partial charge in [0.05, 0.1) is 6.61 Å². The van der Waals surface area contributed by atoms with E-state index in [4.69, 9.17) is 9.84 Å². The van der Waals surface area contributed by atoms with E-state index in [1.165, 1.54) is 0 Å². The molecule has 2 N–H and O–H groups in total. The van der Waals surface area contributed by atoms with Crippen molar-refractivity contribution in [3.8, 4) is 0 Å². The third-order valence-corrected chi connectivity index (χ3v) is 2.51. The molecule has 5 nitrogen and oxygen atoms in total. The minimum absolute atomic E-state index is 0.163. The number of carbonyl (C=O) groups is 2. The molecule has 1 atom stereocenters. The van der Waals surface area contributed by atoms with Crippen LogP contribution in [0.3, 0.4) is 0 Å². The van der Waals surface area contributed by atoms with Crippen molar-refractivity contribution in [2.75, 3.05) is 13.2 Å². The molecule has 0 saturated heterocycles. The first-order valence-corrected chi connectivity index (χ1v) is 6.30. The number of amides is 1. The Labute approximate surface area is 112 Å². The Morgan fingerprint density at radius 3 is 2.53 bits per heavy atom. The molecule has 1 rings (SSSR count). The Morgan fingerprint density at radius 1 is 1.26 bits per heavy atom. The van der Waals surface area contributed by atoms with Gasteiger partial charge in [0.25, 0.3) is 0 Å². The molecule has 0 radical (unpaired) electrons. The zero-order valence-corrected chi connectivity index (χ0v) is 11.0. The highest BCUT2D eigenvalue weighted by atomic mass is 16.5. The number of rotatable bonds is 8. The van der Waals surface area contributed by atoms with E-state index in [0.29, 0.717) is 18.8 Å². The smallest absolute Gasteiger partial charge is 0.330 e. The van der Waals surface area contributed by atoms with Crippen molar-refractivity contribution < 1.29 is 19.4 Å². The van der Waals surface area contributed by atoms with E-state index < -0.39 is 12.0 Å². The van der Waals surface area contributed by atoms with E-state index in [0.717, 1.165) is 6.42 Å². The van der Waals surface area contributed by atoms with Gasteiger partial charge in [0, 0.05) is 13.0 Å². The second-order valence-corrected chi connectivity index (χ2v) is 4.11. The molecule has 5 heteroatoms. The fourth-order valence-electron chi connectivity index (χ4n) is 1.58. The summed E-state index contributed by atoms with van der Waals surface area (Å²) >= 11 is 0. The number of carboxylic acid groups (broad SMARTS) is 1. The molecule has 19 heavy (non-hydrogen) atoms. The van der Waals surface area contributed by atoms with Crippen molar-refractivity contribution >= 4 is 11.9 Å². The molecular formula is C14H19NO4. The Balaban J connectivity index is 2.51. The van der Waals surface area contributed by atoms with Gasteiger partial charge < -0.3 is 15.2 Å². The van der Waals surface area contributed by atoms with Gasteiger partial charge >= 0.3 is 5.97 Å². The van der Waals surface area contributed by atoms with Gasteiger partial charge in [-0.2, -0.15) is 0 Å². The Morgan fingerprint density at radius 2 is 1.95 bits per heavy atom. The normalized spacial score (nSPS) is 11.8. The maximum atomic E-state index is 11.6. The minimum atomic E-state index is -1.07. The minimum Gasteiger partial charge on any atom is -0.479 e. The molecule has 0 aliphatic carbocycles. The quantitative estimate of drug-likeness (QED) is 0.702. The predicted molar refractivity (Wildman–Crippen MR) is 70.7 cm³/mol. The molecule has 0 spiro atoms. The van der Waals surface area contributed by atoms with E-state index in [1.54, 1.807) is 30.3 Å². The molecule has 0 aliphatic rings. The number of carboxylic acids is 1. The van der Waals surface area contributed by atoms with Gasteiger partial charge in [-0.05, 0) is 12.0 Å². The molecule has 0 saturated carbocycles. The molecule has 1 aromatic carbocycles. The zero-order valence-electron chi connectivity index (χ0n) is 11.0. The third kappa shape index (κ3) is 5.52. The molecule has 0 heterocycles. The van der Waals surface area contributed by atoms with Gasteiger partial charge in [-0.1, -0.05) is 37.3 Å². The summed E-state index contributed by atoms with van der Waals surface area (Å²) in [6.07, 6.45) is 1.06. The predicted octanol–water partition coefficient (Wildman–Crippen LogP) is 1.75. The van der Waals surface area contributed by atoms with Gasteiger partial charge in [-0.15, -0.1) is 0 Å². The van der Waals surface area contributed by atoms with E-state index in [-0.39, 0.29) is 12.3 Å². The number of nitrogens with one attached hydrogen (secondary N) is 1. The summed E-state index contributed by atoms with van der Waals surface area (Å²) in [4.78, 5) is 22.8. The van der Waals surface area contributed by atoms with Crippen LogP contribution >= 0.6 is 0 Å². The molecule has 0 bridgehead atoms. The molecule has 1 aromatic rings. The van der Waals surface area contributed by atoms with Crippen molar-refractivity contribution in [1.82, 2.24) is 5.32 Å². The first-order valence-electron chi connectivity index (χ1n) is 6.30. The first kappa shape index (κ1) is 15.2. The second-order valence-electron chi connectivity index (χ2n) is 4.11. The van der Waals surface area contributed by atoms with Gasteiger partial charge in [-0.25, -0.2) is 4.79 Å². The van der Waals surface area contributed by atoms with Crippen LogP contribution in [-0.2, 0) is 14.3 Å². The molecule has 0 aromatic heterocycles. The van der Waals surface area contributed by atoms with Crippen molar-refractivity contribution in [2.24, 2.45) is 0 Å². The summed E-state index contributed by atoms with van der Waals surface area (Å²) in [5, 5.41) is 11.6. The van der Waals surface area contributed by atoms with E-state index in [9.17, 15) is 9.59 Å². The fraction of sp³-hybridized carbons (Fsp3) is 0.429. The SMILES string of the molecule is CCCOCCC(=O)N[C@@H](C(=O)O)c1ccccc1. The Kier molecular flexibility index (Phi) is 6.60. The molecule has 1 amide bonds. The average molecular weight is 265 g/mol. The lowest BCUT2D eigenvalue weighted by atomic mass is 10.1. The number of hydrogen-bond acceptors (Lipinski definition) is 3. The maximum absolute atomic E-state index is 11.6. The van der Waals surface area contributed by atoms with E-state index in [1.807, 2.05) is 6.92 Å². The first-order chi connectivity index (χ1) is 9.15. The van der Waals surface area contributed by atoms with Crippen LogP contribution in [0.5, 0.6) is 0 Å². The lowest BCUT2D eigenvalue weighted by molar-refractivity contribution is -0.142. The van der Waals surface area contributed by atoms with Crippen molar-refractivity contribution in [1.29, 1.82) is 0 Å². The number of benzene rings is 1. The lowest BCUT2D eigenvalue weighted by Crippen LogP contribution is -2.34. The van der Waals surface area contributed by atoms with Crippen LogP contribution in [0.25, 0.3) is 0 Å². The number of carbonyl (C=O) groups excluding carboxylic acids is 1. The molecule has 0 unspecified atom stereocenters. The van der Waals surface area contributed by atoms with Crippen LogP contribution in [0, 0.1) is 0 Å². The summed E-state index contributed by atoms with van der Waals surface area (Å²) in [5.41, 5.74) is 0.554. The van der Waals surface area contributed by atoms with E-state index in [2.05, 4.69) is 5.32 Å². The van der Waals surface area contributed by atoms with Crippen LogP contribution in [0.1, 0.15) is 31.4 Å². The third-order valence-electron chi connectivity index (χ3n) is 2.51. The molecule has 104 valence electrons. The molecule has 0 fully saturated rings. The summed E-state index contributed by atoms with van der Waals surface area (Å²) in [6, 6.07) is 7.60. The van der Waals surface area contributed by atoms with Crippen LogP contribution in [0.15, 0.2) is 30.3 Å². The highest BCUT2D eigenvalue weighted by Crippen LogP contribution is 2.12. The number of hydrogen-bond donors (Lipinski definition) is 2. The second kappa shape index (κ2) is 8.26. The van der Waals surface area contributed by atoms with Crippen LogP contribution in [0.2, 0.25) is 0 Å². The highest BCUT2D eigenvalue weighted by molar-refractivity contribution is 5.84. The van der Waals surface area contributed by atoms with Gasteiger partial charge in [0.1, 0.15) is 0 Å².